The second-order valence-corrected chi connectivity index (χ2v) is 5.66. The second kappa shape index (κ2) is 6.24. The summed E-state index contributed by atoms with van der Waals surface area (Å²) in [5, 5.41) is 9.74. The molecule has 1 aliphatic carbocycles. The molecule has 4 heteroatoms. The fraction of sp³-hybridized carbons (Fsp3) is 0.316. The van der Waals surface area contributed by atoms with Gasteiger partial charge in [0.25, 0.3) is 5.79 Å². The number of ether oxygens (including phenoxy) is 1. The van der Waals surface area contributed by atoms with Crippen molar-refractivity contribution in [3.8, 4) is 0 Å². The van der Waals surface area contributed by atoms with Gasteiger partial charge in [-0.3, -0.25) is 4.79 Å². The molecule has 3 rings (SSSR count). The molecule has 1 unspecified atom stereocenters. The minimum atomic E-state index is -1.46. The van der Waals surface area contributed by atoms with Crippen LogP contribution in [0, 0.1) is 0 Å². The van der Waals surface area contributed by atoms with Crippen molar-refractivity contribution in [3.05, 3.63) is 70.3 Å². The van der Waals surface area contributed by atoms with Gasteiger partial charge >= 0.3 is 0 Å². The Morgan fingerprint density at radius 3 is 2.48 bits per heavy atom. The van der Waals surface area contributed by atoms with Crippen molar-refractivity contribution in [2.75, 3.05) is 6.61 Å². The van der Waals surface area contributed by atoms with Crippen LogP contribution in [0.5, 0.6) is 0 Å². The molecule has 1 atom stereocenters. The van der Waals surface area contributed by atoms with Crippen LogP contribution in [0.2, 0.25) is 0 Å². The van der Waals surface area contributed by atoms with Crippen LogP contribution in [0.4, 0.5) is 0 Å². The van der Waals surface area contributed by atoms with E-state index in [2.05, 4.69) is 0 Å². The van der Waals surface area contributed by atoms with Crippen molar-refractivity contribution in [2.45, 2.75) is 32.5 Å². The Hall–Kier alpha value is -2.01. The molecular weight excluding hydrogens is 292 g/mol. The van der Waals surface area contributed by atoms with Gasteiger partial charge in [0.2, 0.25) is 0 Å². The lowest BCUT2D eigenvalue weighted by atomic mass is 9.79. The van der Waals surface area contributed by atoms with Gasteiger partial charge in [0.15, 0.2) is 5.78 Å². The second-order valence-electron chi connectivity index (χ2n) is 5.66. The molecule has 23 heavy (non-hydrogen) atoms. The Bertz CT molecular complexity index is 738. The molecule has 0 aromatic heterocycles. The van der Waals surface area contributed by atoms with Crippen molar-refractivity contribution in [3.63, 3.8) is 0 Å². The van der Waals surface area contributed by atoms with Gasteiger partial charge in [0.05, 0.1) is 6.61 Å². The first-order valence-electron chi connectivity index (χ1n) is 7.92. The number of carbonyl (C=O) groups is 1. The zero-order valence-electron chi connectivity index (χ0n) is 13.3. The average molecular weight is 312 g/mol. The highest BCUT2D eigenvalue weighted by atomic mass is 17.1. The lowest BCUT2D eigenvalue weighted by Crippen LogP contribution is -2.40. The van der Waals surface area contributed by atoms with E-state index in [1.807, 2.05) is 32.0 Å². The van der Waals surface area contributed by atoms with Crippen molar-refractivity contribution >= 4 is 5.78 Å². The number of aryl methyl sites for hydroxylation is 1. The first-order chi connectivity index (χ1) is 11.2. The van der Waals surface area contributed by atoms with Crippen molar-refractivity contribution in [2.24, 2.45) is 0 Å². The number of hydrogen-bond acceptors (Lipinski definition) is 4. The molecule has 0 spiro atoms. The standard InChI is InChI=1S/C19H20O4/c1-3-11-22-19(23-21)16-8-6-5-7-14(16)18(20)15-12-13(4-2)9-10-17(15)19/h5-10,12,21H,3-4,11H2,1-2H3. The zero-order valence-corrected chi connectivity index (χ0v) is 13.3. The molecular formula is C19H20O4. The maximum absolute atomic E-state index is 12.9. The van der Waals surface area contributed by atoms with Gasteiger partial charge in [0.1, 0.15) is 0 Å². The monoisotopic (exact) mass is 312 g/mol. The van der Waals surface area contributed by atoms with E-state index in [0.29, 0.717) is 28.9 Å². The summed E-state index contributed by atoms with van der Waals surface area (Å²) in [6.07, 6.45) is 1.59. The highest BCUT2D eigenvalue weighted by molar-refractivity contribution is 6.13. The van der Waals surface area contributed by atoms with Gasteiger partial charge in [-0.15, -0.1) is 0 Å². The molecule has 2 aromatic rings. The Morgan fingerprint density at radius 2 is 1.78 bits per heavy atom. The van der Waals surface area contributed by atoms with Crippen LogP contribution >= 0.6 is 0 Å². The molecule has 0 amide bonds. The number of rotatable bonds is 5. The molecule has 0 bridgehead atoms. The third-order valence-corrected chi connectivity index (χ3v) is 4.26. The summed E-state index contributed by atoms with van der Waals surface area (Å²) in [4.78, 5) is 17.7. The van der Waals surface area contributed by atoms with E-state index in [-0.39, 0.29) is 5.78 Å². The van der Waals surface area contributed by atoms with E-state index in [1.165, 1.54) is 0 Å². The summed E-state index contributed by atoms with van der Waals surface area (Å²) in [6.45, 7) is 4.41. The van der Waals surface area contributed by atoms with Crippen LogP contribution in [-0.4, -0.2) is 17.6 Å². The average Bonchev–Trinajstić information content (AvgIpc) is 2.62. The van der Waals surface area contributed by atoms with Crippen LogP contribution in [0.1, 0.15) is 52.9 Å². The highest BCUT2D eigenvalue weighted by Crippen LogP contribution is 2.43. The molecule has 0 fully saturated rings. The fourth-order valence-corrected chi connectivity index (χ4v) is 3.07. The van der Waals surface area contributed by atoms with Gasteiger partial charge in [-0.1, -0.05) is 50.2 Å². The van der Waals surface area contributed by atoms with Crippen molar-refractivity contribution in [1.82, 2.24) is 0 Å². The van der Waals surface area contributed by atoms with Crippen LogP contribution in [0.15, 0.2) is 42.5 Å². The minimum Gasteiger partial charge on any atom is -0.340 e. The van der Waals surface area contributed by atoms with E-state index in [0.717, 1.165) is 18.4 Å². The van der Waals surface area contributed by atoms with E-state index in [4.69, 9.17) is 9.62 Å². The quantitative estimate of drug-likeness (QED) is 0.516. The van der Waals surface area contributed by atoms with Crippen molar-refractivity contribution in [1.29, 1.82) is 0 Å². The normalized spacial score (nSPS) is 19.3. The predicted octanol–water partition coefficient (Wildman–Crippen LogP) is 3.91. The van der Waals surface area contributed by atoms with Gasteiger partial charge in [-0.2, -0.15) is 4.89 Å². The lowest BCUT2D eigenvalue weighted by Gasteiger charge is -2.37. The molecule has 0 radical (unpaired) electrons. The molecule has 0 aliphatic heterocycles. The minimum absolute atomic E-state index is 0.0707. The fourth-order valence-electron chi connectivity index (χ4n) is 3.07. The summed E-state index contributed by atoms with van der Waals surface area (Å²) in [5.41, 5.74) is 3.16. The van der Waals surface area contributed by atoms with Gasteiger partial charge in [-0.25, -0.2) is 5.26 Å². The molecule has 0 saturated carbocycles. The Labute approximate surface area is 135 Å². The lowest BCUT2D eigenvalue weighted by molar-refractivity contribution is -0.396. The van der Waals surface area contributed by atoms with E-state index in [1.54, 1.807) is 24.3 Å². The summed E-state index contributed by atoms with van der Waals surface area (Å²) < 4.78 is 5.92. The largest absolute Gasteiger partial charge is 0.340 e. The highest BCUT2D eigenvalue weighted by Gasteiger charge is 2.46. The Kier molecular flexibility index (Phi) is 4.31. The van der Waals surface area contributed by atoms with E-state index >= 15 is 0 Å². The van der Waals surface area contributed by atoms with Crippen LogP contribution in [-0.2, 0) is 21.8 Å². The zero-order chi connectivity index (χ0) is 16.4. The molecule has 1 N–H and O–H groups in total. The maximum atomic E-state index is 12.9. The summed E-state index contributed by atoms with van der Waals surface area (Å²) in [6, 6.07) is 12.7. The van der Waals surface area contributed by atoms with Gasteiger partial charge < -0.3 is 4.74 Å². The van der Waals surface area contributed by atoms with E-state index < -0.39 is 5.79 Å². The number of ketones is 1. The first kappa shape index (κ1) is 15.9. The van der Waals surface area contributed by atoms with Crippen LogP contribution < -0.4 is 0 Å². The van der Waals surface area contributed by atoms with E-state index in [9.17, 15) is 10.1 Å². The number of carbonyl (C=O) groups excluding carboxylic acids is 1. The summed E-state index contributed by atoms with van der Waals surface area (Å²) in [7, 11) is 0. The number of benzene rings is 2. The summed E-state index contributed by atoms with van der Waals surface area (Å²) in [5.74, 6) is -1.53. The topological polar surface area (TPSA) is 55.8 Å². The molecule has 4 nitrogen and oxygen atoms in total. The summed E-state index contributed by atoms with van der Waals surface area (Å²) >= 11 is 0. The van der Waals surface area contributed by atoms with Crippen molar-refractivity contribution < 1.29 is 19.7 Å². The third kappa shape index (κ3) is 2.39. The predicted molar refractivity (Wildman–Crippen MR) is 86.4 cm³/mol. The molecule has 1 aliphatic rings. The molecule has 120 valence electrons. The smallest absolute Gasteiger partial charge is 0.255 e. The first-order valence-corrected chi connectivity index (χ1v) is 7.92. The Morgan fingerprint density at radius 1 is 1.04 bits per heavy atom. The van der Waals surface area contributed by atoms with Gasteiger partial charge in [-0.05, 0) is 24.5 Å². The van der Waals surface area contributed by atoms with Gasteiger partial charge in [0, 0.05) is 22.3 Å². The third-order valence-electron chi connectivity index (χ3n) is 4.26. The molecule has 2 aromatic carbocycles. The number of fused-ring (bicyclic) bond motifs is 2. The Balaban J connectivity index is 2.28. The van der Waals surface area contributed by atoms with Crippen LogP contribution in [0.3, 0.4) is 0 Å². The molecule has 0 saturated heterocycles. The SMILES string of the molecule is CCCOC1(OO)c2ccccc2C(=O)c2cc(CC)ccc21. The number of hydrogen-bond donors (Lipinski definition) is 1. The van der Waals surface area contributed by atoms with Crippen LogP contribution in [0.25, 0.3) is 0 Å². The molecule has 0 heterocycles. The maximum Gasteiger partial charge on any atom is 0.255 e.